The summed E-state index contributed by atoms with van der Waals surface area (Å²) in [6, 6.07) is 12.8. The number of nitrogens with zero attached hydrogens (tertiary/aromatic N) is 4. The number of hydrogen-bond donors (Lipinski definition) is 2. The summed E-state index contributed by atoms with van der Waals surface area (Å²) in [7, 11) is 3.84. The van der Waals surface area contributed by atoms with E-state index in [1.165, 1.54) is 6.08 Å². The summed E-state index contributed by atoms with van der Waals surface area (Å²) in [5, 5.41) is 7.38. The van der Waals surface area contributed by atoms with Crippen LogP contribution in [0, 0.1) is 0 Å². The van der Waals surface area contributed by atoms with Crippen LogP contribution in [0.3, 0.4) is 0 Å². The fourth-order valence-electron chi connectivity index (χ4n) is 3.76. The Hall–Kier alpha value is -3.49. The molecule has 0 spiro atoms. The molecule has 176 valence electrons. The lowest BCUT2D eigenvalue weighted by molar-refractivity contribution is -0.111. The van der Waals surface area contributed by atoms with Crippen LogP contribution in [0.5, 0.6) is 0 Å². The molecule has 34 heavy (non-hydrogen) atoms. The molecule has 0 unspecified atom stereocenters. The number of likely N-dealkylation sites (N-methyl/N-ethyl adjacent to an activating group) is 1. The summed E-state index contributed by atoms with van der Waals surface area (Å²) in [6.07, 6.45) is 5.82. The highest BCUT2D eigenvalue weighted by atomic mass is 35.5. The summed E-state index contributed by atoms with van der Waals surface area (Å²) >= 11 is 6.35. The fourth-order valence-corrected chi connectivity index (χ4v) is 3.99. The van der Waals surface area contributed by atoms with E-state index >= 15 is 0 Å². The Bertz CT molecular complexity index is 1230. The Labute approximate surface area is 203 Å². The van der Waals surface area contributed by atoms with E-state index in [9.17, 15) is 9.59 Å². The first-order valence-corrected chi connectivity index (χ1v) is 11.5. The molecular formula is C25H27ClN6O2. The molecule has 8 nitrogen and oxygen atoms in total. The van der Waals surface area contributed by atoms with Gasteiger partial charge in [0.2, 0.25) is 11.9 Å². The van der Waals surface area contributed by atoms with Crippen molar-refractivity contribution in [3.63, 3.8) is 0 Å². The van der Waals surface area contributed by atoms with Gasteiger partial charge in [-0.1, -0.05) is 35.9 Å². The van der Waals surface area contributed by atoms with Crippen molar-refractivity contribution in [1.82, 2.24) is 19.8 Å². The summed E-state index contributed by atoms with van der Waals surface area (Å²) in [5.41, 5.74) is 1.82. The summed E-state index contributed by atoms with van der Waals surface area (Å²) < 4.78 is 0. The van der Waals surface area contributed by atoms with E-state index in [4.69, 9.17) is 11.6 Å². The van der Waals surface area contributed by atoms with Crippen molar-refractivity contribution in [1.29, 1.82) is 0 Å². The van der Waals surface area contributed by atoms with E-state index < -0.39 is 0 Å². The van der Waals surface area contributed by atoms with E-state index in [-0.39, 0.29) is 17.9 Å². The molecule has 1 aliphatic rings. The first kappa shape index (κ1) is 23.7. The standard InChI is InChI=1S/C25H27ClN6O2/c1-31(2)12-5-8-23(33)29-22-10-9-17(14-20(22)26)24(34)32-13-11-19(16-32)28-25-27-15-18-6-3-4-7-21(18)30-25/h3-10,14-15,19H,11-13,16H2,1-2H3,(H,29,33)(H,27,28,30)/b8-5+/t19-/m1/s1. The zero-order valence-electron chi connectivity index (χ0n) is 19.2. The molecule has 0 radical (unpaired) electrons. The van der Waals surface area contributed by atoms with E-state index in [1.807, 2.05) is 43.3 Å². The number of hydrogen-bond acceptors (Lipinski definition) is 6. The van der Waals surface area contributed by atoms with Crippen LogP contribution in [-0.4, -0.2) is 71.4 Å². The van der Waals surface area contributed by atoms with Gasteiger partial charge in [-0.3, -0.25) is 9.59 Å². The summed E-state index contributed by atoms with van der Waals surface area (Å²) in [6.45, 7) is 1.83. The second kappa shape index (κ2) is 10.6. The highest BCUT2D eigenvalue weighted by molar-refractivity contribution is 6.34. The lowest BCUT2D eigenvalue weighted by Crippen LogP contribution is -2.31. The van der Waals surface area contributed by atoms with E-state index in [0.29, 0.717) is 41.9 Å². The highest BCUT2D eigenvalue weighted by Crippen LogP contribution is 2.25. The predicted molar refractivity (Wildman–Crippen MR) is 135 cm³/mol. The second-order valence-electron chi connectivity index (χ2n) is 8.48. The van der Waals surface area contributed by atoms with Crippen LogP contribution in [-0.2, 0) is 4.79 Å². The molecule has 0 saturated carbocycles. The molecule has 4 rings (SSSR count). The Kier molecular flexibility index (Phi) is 7.40. The number of anilines is 2. The Morgan fingerprint density at radius 2 is 2.06 bits per heavy atom. The van der Waals surface area contributed by atoms with Crippen LogP contribution < -0.4 is 10.6 Å². The number of carbonyl (C=O) groups excluding carboxylic acids is 2. The minimum Gasteiger partial charge on any atom is -0.350 e. The van der Waals surface area contributed by atoms with Gasteiger partial charge in [0.25, 0.3) is 5.91 Å². The topological polar surface area (TPSA) is 90.5 Å². The SMILES string of the molecule is CN(C)C/C=C/C(=O)Nc1ccc(C(=O)N2CC[C@@H](Nc3ncc4ccccc4n3)C2)cc1Cl. The normalized spacial score (nSPS) is 15.9. The van der Waals surface area contributed by atoms with Crippen molar-refractivity contribution in [2.24, 2.45) is 0 Å². The molecule has 0 bridgehead atoms. The van der Waals surface area contributed by atoms with Crippen LogP contribution in [0.15, 0.2) is 60.8 Å². The van der Waals surface area contributed by atoms with Gasteiger partial charge in [0.1, 0.15) is 0 Å². The quantitative estimate of drug-likeness (QED) is 0.503. The molecule has 2 heterocycles. The number of likely N-dealkylation sites (tertiary alicyclic amines) is 1. The zero-order valence-corrected chi connectivity index (χ0v) is 19.9. The molecule has 1 aromatic heterocycles. The third kappa shape index (κ3) is 5.89. The lowest BCUT2D eigenvalue weighted by Gasteiger charge is -2.18. The number of benzene rings is 2. The Balaban J connectivity index is 1.35. The first-order chi connectivity index (χ1) is 16.4. The van der Waals surface area contributed by atoms with Gasteiger partial charge in [0.15, 0.2) is 0 Å². The second-order valence-corrected chi connectivity index (χ2v) is 8.89. The average molecular weight is 479 g/mol. The molecular weight excluding hydrogens is 452 g/mol. The number of carbonyl (C=O) groups is 2. The van der Waals surface area contributed by atoms with Crippen molar-refractivity contribution in [2.45, 2.75) is 12.5 Å². The predicted octanol–water partition coefficient (Wildman–Crippen LogP) is 3.67. The van der Waals surface area contributed by atoms with Crippen LogP contribution in [0.1, 0.15) is 16.8 Å². The number of para-hydroxylation sites is 1. The van der Waals surface area contributed by atoms with Gasteiger partial charge in [-0.05, 0) is 44.8 Å². The third-order valence-electron chi connectivity index (χ3n) is 5.51. The molecule has 1 aliphatic heterocycles. The van der Waals surface area contributed by atoms with Gasteiger partial charge >= 0.3 is 0 Å². The van der Waals surface area contributed by atoms with Gasteiger partial charge in [0, 0.05) is 48.9 Å². The number of fused-ring (bicyclic) bond motifs is 1. The zero-order chi connectivity index (χ0) is 24.1. The third-order valence-corrected chi connectivity index (χ3v) is 5.82. The monoisotopic (exact) mass is 478 g/mol. The summed E-state index contributed by atoms with van der Waals surface area (Å²) in [4.78, 5) is 37.8. The number of amides is 2. The van der Waals surface area contributed by atoms with E-state index in [0.717, 1.165) is 17.3 Å². The number of aromatic nitrogens is 2. The van der Waals surface area contributed by atoms with Crippen molar-refractivity contribution in [2.75, 3.05) is 44.4 Å². The molecule has 0 aliphatic carbocycles. The highest BCUT2D eigenvalue weighted by Gasteiger charge is 2.27. The van der Waals surface area contributed by atoms with Crippen molar-refractivity contribution in [3.8, 4) is 0 Å². The molecule has 2 amide bonds. The number of rotatable bonds is 7. The fraction of sp³-hybridized carbons (Fsp3) is 0.280. The van der Waals surface area contributed by atoms with E-state index in [2.05, 4.69) is 20.6 Å². The van der Waals surface area contributed by atoms with Gasteiger partial charge in [-0.2, -0.15) is 0 Å². The Morgan fingerprint density at radius 3 is 2.85 bits per heavy atom. The van der Waals surface area contributed by atoms with Gasteiger partial charge in [0.05, 0.1) is 16.2 Å². The molecule has 9 heteroatoms. The molecule has 1 atom stereocenters. The lowest BCUT2D eigenvalue weighted by atomic mass is 10.1. The number of nitrogens with one attached hydrogen (secondary N) is 2. The van der Waals surface area contributed by atoms with Crippen molar-refractivity contribution >= 4 is 46.0 Å². The van der Waals surface area contributed by atoms with Gasteiger partial charge in [-0.25, -0.2) is 9.97 Å². The smallest absolute Gasteiger partial charge is 0.253 e. The molecule has 1 fully saturated rings. The van der Waals surface area contributed by atoms with E-state index in [1.54, 1.807) is 35.4 Å². The maximum absolute atomic E-state index is 13.0. The minimum absolute atomic E-state index is 0.0631. The maximum Gasteiger partial charge on any atom is 0.253 e. The van der Waals surface area contributed by atoms with Crippen molar-refractivity contribution in [3.05, 3.63) is 71.4 Å². The summed E-state index contributed by atoms with van der Waals surface area (Å²) in [5.74, 6) is 0.183. The maximum atomic E-state index is 13.0. The van der Waals surface area contributed by atoms with Crippen LogP contribution in [0.25, 0.3) is 10.9 Å². The first-order valence-electron chi connectivity index (χ1n) is 11.1. The van der Waals surface area contributed by atoms with Crippen LogP contribution in [0.4, 0.5) is 11.6 Å². The molecule has 2 N–H and O–H groups in total. The van der Waals surface area contributed by atoms with Crippen LogP contribution >= 0.6 is 11.6 Å². The number of halogens is 1. The Morgan fingerprint density at radius 1 is 1.24 bits per heavy atom. The molecule has 1 saturated heterocycles. The van der Waals surface area contributed by atoms with Gasteiger partial charge < -0.3 is 20.4 Å². The molecule has 2 aromatic carbocycles. The molecule has 3 aromatic rings. The van der Waals surface area contributed by atoms with Gasteiger partial charge in [-0.15, -0.1) is 0 Å². The average Bonchev–Trinajstić information content (AvgIpc) is 3.28. The minimum atomic E-state index is -0.271. The van der Waals surface area contributed by atoms with Crippen molar-refractivity contribution < 1.29 is 9.59 Å². The van der Waals surface area contributed by atoms with Crippen LogP contribution in [0.2, 0.25) is 5.02 Å². The largest absolute Gasteiger partial charge is 0.350 e.